The molecule has 1 aromatic rings. The molecule has 5 nitrogen and oxygen atoms in total. The van der Waals surface area contributed by atoms with E-state index in [0.29, 0.717) is 12.5 Å². The van der Waals surface area contributed by atoms with Crippen molar-refractivity contribution in [3.63, 3.8) is 0 Å². The zero-order chi connectivity index (χ0) is 11.5. The molecular weight excluding hydrogens is 206 g/mol. The van der Waals surface area contributed by atoms with Crippen molar-refractivity contribution < 1.29 is 9.90 Å². The molecule has 0 radical (unpaired) electrons. The maximum atomic E-state index is 11.9. The number of hydrogen-bond acceptors (Lipinski definition) is 4. The molecule has 2 atom stereocenters. The van der Waals surface area contributed by atoms with Crippen LogP contribution < -0.4 is 10.6 Å². The predicted molar refractivity (Wildman–Crippen MR) is 60.1 cm³/mol. The lowest BCUT2D eigenvalue weighted by Gasteiger charge is -2.13. The number of nitrogens with one attached hydrogen (secondary N) is 2. The van der Waals surface area contributed by atoms with E-state index in [2.05, 4.69) is 15.6 Å². The molecule has 0 saturated carbocycles. The van der Waals surface area contributed by atoms with Crippen LogP contribution in [0.5, 0.6) is 5.75 Å². The first-order valence-corrected chi connectivity index (χ1v) is 5.34. The van der Waals surface area contributed by atoms with Gasteiger partial charge in [-0.3, -0.25) is 4.79 Å². The molecule has 5 heteroatoms. The van der Waals surface area contributed by atoms with Crippen molar-refractivity contribution in [3.8, 4) is 5.75 Å². The Balaban J connectivity index is 2.05. The van der Waals surface area contributed by atoms with Gasteiger partial charge in [0.15, 0.2) is 11.6 Å². The molecule has 3 N–H and O–H groups in total. The summed E-state index contributed by atoms with van der Waals surface area (Å²) in [5, 5.41) is 15.3. The van der Waals surface area contributed by atoms with Crippen LogP contribution in [0.3, 0.4) is 0 Å². The minimum atomic E-state index is -0.0912. The van der Waals surface area contributed by atoms with E-state index in [0.717, 1.165) is 6.54 Å². The largest absolute Gasteiger partial charge is 0.504 e. The van der Waals surface area contributed by atoms with Crippen molar-refractivity contribution in [2.75, 3.05) is 18.4 Å². The minimum absolute atomic E-state index is 0.00513. The van der Waals surface area contributed by atoms with Crippen LogP contribution in [0, 0.1) is 11.8 Å². The molecule has 1 aliphatic rings. The van der Waals surface area contributed by atoms with Crippen LogP contribution in [-0.2, 0) is 4.79 Å². The van der Waals surface area contributed by atoms with Crippen LogP contribution in [0.1, 0.15) is 6.92 Å². The summed E-state index contributed by atoms with van der Waals surface area (Å²) < 4.78 is 0. The second kappa shape index (κ2) is 4.49. The summed E-state index contributed by atoms with van der Waals surface area (Å²) >= 11 is 0. The molecule has 0 aromatic carbocycles. The SMILES string of the molecule is CC1CNCC1C(=O)Nc1ncccc1O. The van der Waals surface area contributed by atoms with Crippen LogP contribution in [0.15, 0.2) is 18.3 Å². The lowest BCUT2D eigenvalue weighted by Crippen LogP contribution is -2.28. The first kappa shape index (κ1) is 10.9. The van der Waals surface area contributed by atoms with Gasteiger partial charge in [0.05, 0.1) is 5.92 Å². The zero-order valence-corrected chi connectivity index (χ0v) is 9.10. The highest BCUT2D eigenvalue weighted by Crippen LogP contribution is 2.22. The summed E-state index contributed by atoms with van der Waals surface area (Å²) in [6.07, 6.45) is 1.53. The van der Waals surface area contributed by atoms with Crippen molar-refractivity contribution in [2.45, 2.75) is 6.92 Å². The molecule has 1 saturated heterocycles. The van der Waals surface area contributed by atoms with Crippen molar-refractivity contribution >= 4 is 11.7 Å². The Labute approximate surface area is 93.9 Å². The molecule has 0 aliphatic carbocycles. The highest BCUT2D eigenvalue weighted by molar-refractivity contribution is 5.93. The smallest absolute Gasteiger partial charge is 0.230 e. The Hall–Kier alpha value is -1.62. The van der Waals surface area contributed by atoms with Gasteiger partial charge in [-0.05, 0) is 24.6 Å². The van der Waals surface area contributed by atoms with Gasteiger partial charge in [-0.1, -0.05) is 6.92 Å². The number of carbonyl (C=O) groups excluding carboxylic acids is 1. The quantitative estimate of drug-likeness (QED) is 0.683. The first-order chi connectivity index (χ1) is 7.68. The minimum Gasteiger partial charge on any atom is -0.504 e. The molecule has 1 aliphatic heterocycles. The molecule has 2 rings (SSSR count). The molecule has 2 heterocycles. The molecule has 1 aromatic heterocycles. The van der Waals surface area contributed by atoms with Gasteiger partial charge in [0, 0.05) is 12.7 Å². The van der Waals surface area contributed by atoms with E-state index in [4.69, 9.17) is 0 Å². The maximum Gasteiger partial charge on any atom is 0.230 e. The van der Waals surface area contributed by atoms with Crippen molar-refractivity contribution in [3.05, 3.63) is 18.3 Å². The number of aromatic hydroxyl groups is 1. The van der Waals surface area contributed by atoms with E-state index in [9.17, 15) is 9.90 Å². The number of rotatable bonds is 2. The fourth-order valence-corrected chi connectivity index (χ4v) is 1.86. The van der Waals surface area contributed by atoms with E-state index in [1.165, 1.54) is 12.3 Å². The Morgan fingerprint density at radius 2 is 2.44 bits per heavy atom. The predicted octanol–water partition coefficient (Wildman–Crippen LogP) is 0.581. The van der Waals surface area contributed by atoms with Gasteiger partial charge in [-0.25, -0.2) is 4.98 Å². The van der Waals surface area contributed by atoms with E-state index < -0.39 is 0 Å². The summed E-state index contributed by atoms with van der Waals surface area (Å²) in [4.78, 5) is 15.8. The average Bonchev–Trinajstić information content (AvgIpc) is 2.68. The van der Waals surface area contributed by atoms with Gasteiger partial charge in [-0.15, -0.1) is 0 Å². The molecule has 1 amide bonds. The number of hydrogen-bond donors (Lipinski definition) is 3. The zero-order valence-electron chi connectivity index (χ0n) is 9.10. The second-order valence-corrected chi connectivity index (χ2v) is 4.10. The number of aromatic nitrogens is 1. The standard InChI is InChI=1S/C11H15N3O2/c1-7-5-12-6-8(7)11(16)14-10-9(15)3-2-4-13-10/h2-4,7-8,12,15H,5-6H2,1H3,(H,13,14,16). The third-order valence-electron chi connectivity index (χ3n) is 2.88. The molecule has 86 valence electrons. The van der Waals surface area contributed by atoms with Crippen molar-refractivity contribution in [2.24, 2.45) is 11.8 Å². The molecule has 1 fully saturated rings. The highest BCUT2D eigenvalue weighted by Gasteiger charge is 2.29. The third-order valence-corrected chi connectivity index (χ3v) is 2.88. The Morgan fingerprint density at radius 1 is 1.62 bits per heavy atom. The van der Waals surface area contributed by atoms with Crippen molar-refractivity contribution in [1.82, 2.24) is 10.3 Å². The van der Waals surface area contributed by atoms with E-state index in [1.807, 2.05) is 6.92 Å². The number of nitrogens with zero attached hydrogens (tertiary/aromatic N) is 1. The second-order valence-electron chi connectivity index (χ2n) is 4.10. The molecule has 0 bridgehead atoms. The summed E-state index contributed by atoms with van der Waals surface area (Å²) in [7, 11) is 0. The van der Waals surface area contributed by atoms with Gasteiger partial charge in [0.2, 0.25) is 5.91 Å². The number of carbonyl (C=O) groups is 1. The normalized spacial score (nSPS) is 24.3. The lowest BCUT2D eigenvalue weighted by molar-refractivity contribution is -0.120. The first-order valence-electron chi connectivity index (χ1n) is 5.34. The van der Waals surface area contributed by atoms with E-state index >= 15 is 0 Å². The van der Waals surface area contributed by atoms with Gasteiger partial charge >= 0.3 is 0 Å². The summed E-state index contributed by atoms with van der Waals surface area (Å²) in [5.74, 6) is 0.389. The third kappa shape index (κ3) is 2.14. The Morgan fingerprint density at radius 3 is 3.06 bits per heavy atom. The monoisotopic (exact) mass is 221 g/mol. The number of pyridine rings is 1. The average molecular weight is 221 g/mol. The van der Waals surface area contributed by atoms with Crippen LogP contribution in [0.25, 0.3) is 0 Å². The number of anilines is 1. The maximum absolute atomic E-state index is 11.9. The summed E-state index contributed by atoms with van der Waals surface area (Å²) in [6, 6.07) is 3.11. The fraction of sp³-hybridized carbons (Fsp3) is 0.455. The number of amides is 1. The highest BCUT2D eigenvalue weighted by atomic mass is 16.3. The summed E-state index contributed by atoms with van der Waals surface area (Å²) in [5.41, 5.74) is 0. The van der Waals surface area contributed by atoms with Crippen LogP contribution in [0.4, 0.5) is 5.82 Å². The fourth-order valence-electron chi connectivity index (χ4n) is 1.86. The van der Waals surface area contributed by atoms with Crippen LogP contribution >= 0.6 is 0 Å². The van der Waals surface area contributed by atoms with Gasteiger partial charge < -0.3 is 15.7 Å². The van der Waals surface area contributed by atoms with E-state index in [1.54, 1.807) is 6.07 Å². The topological polar surface area (TPSA) is 74.2 Å². The van der Waals surface area contributed by atoms with E-state index in [-0.39, 0.29) is 23.4 Å². The van der Waals surface area contributed by atoms with Gasteiger partial charge in [0.25, 0.3) is 0 Å². The Kier molecular flexibility index (Phi) is 3.05. The molecule has 0 spiro atoms. The Bertz CT molecular complexity index is 395. The van der Waals surface area contributed by atoms with Gasteiger partial charge in [-0.2, -0.15) is 0 Å². The van der Waals surface area contributed by atoms with Gasteiger partial charge in [0.1, 0.15) is 0 Å². The van der Waals surface area contributed by atoms with Crippen LogP contribution in [-0.4, -0.2) is 29.1 Å². The molecule has 16 heavy (non-hydrogen) atoms. The summed E-state index contributed by atoms with van der Waals surface area (Å²) in [6.45, 7) is 3.56. The lowest BCUT2D eigenvalue weighted by atomic mass is 9.97. The molecular formula is C11H15N3O2. The van der Waals surface area contributed by atoms with Crippen molar-refractivity contribution in [1.29, 1.82) is 0 Å². The molecule has 2 unspecified atom stereocenters. The van der Waals surface area contributed by atoms with Crippen LogP contribution in [0.2, 0.25) is 0 Å².